The molecule has 0 saturated carbocycles. The maximum Gasteiger partial charge on any atom is 0.335 e. The zero-order chi connectivity index (χ0) is 14.7. The molecule has 0 saturated heterocycles. The van der Waals surface area contributed by atoms with Crippen LogP contribution in [0.5, 0.6) is 0 Å². The molecule has 1 aromatic carbocycles. The summed E-state index contributed by atoms with van der Waals surface area (Å²) in [4.78, 5) is 26.7. The van der Waals surface area contributed by atoms with Crippen LogP contribution in [0, 0.1) is 0 Å². The third-order valence-electron chi connectivity index (χ3n) is 3.41. The second-order valence-electron chi connectivity index (χ2n) is 4.75. The van der Waals surface area contributed by atoms with Crippen molar-refractivity contribution in [3.8, 4) is 0 Å². The first-order chi connectivity index (χ1) is 9.54. The van der Waals surface area contributed by atoms with Crippen LogP contribution in [-0.2, 0) is 6.42 Å². The fourth-order valence-electron chi connectivity index (χ4n) is 2.26. The van der Waals surface area contributed by atoms with Gasteiger partial charge in [0.1, 0.15) is 0 Å². The van der Waals surface area contributed by atoms with Crippen molar-refractivity contribution in [1.82, 2.24) is 4.90 Å². The molecule has 1 aromatic rings. The smallest absolute Gasteiger partial charge is 0.335 e. The molecule has 0 radical (unpaired) electrons. The molecule has 1 heterocycles. The second kappa shape index (κ2) is 6.17. The van der Waals surface area contributed by atoms with Crippen LogP contribution in [0.15, 0.2) is 18.2 Å². The Morgan fingerprint density at radius 3 is 2.85 bits per heavy atom. The number of amides is 2. The van der Waals surface area contributed by atoms with Gasteiger partial charge in [-0.25, -0.2) is 9.59 Å². The molecule has 2 amide bonds. The van der Waals surface area contributed by atoms with E-state index in [0.717, 1.165) is 17.0 Å². The topological polar surface area (TPSA) is 60.9 Å². The van der Waals surface area contributed by atoms with Gasteiger partial charge in [-0.15, -0.1) is 0 Å². The minimum atomic E-state index is -0.935. The maximum absolute atomic E-state index is 12.4. The highest BCUT2D eigenvalue weighted by Gasteiger charge is 2.27. The average molecular weight is 294 g/mol. The van der Waals surface area contributed by atoms with Crippen LogP contribution in [0.1, 0.15) is 15.9 Å². The van der Waals surface area contributed by atoms with E-state index in [1.165, 1.54) is 0 Å². The molecule has 6 heteroatoms. The lowest BCUT2D eigenvalue weighted by atomic mass is 10.1. The van der Waals surface area contributed by atoms with Gasteiger partial charge in [0.05, 0.1) is 5.56 Å². The van der Waals surface area contributed by atoms with Crippen molar-refractivity contribution in [2.24, 2.45) is 0 Å². The van der Waals surface area contributed by atoms with Crippen molar-refractivity contribution in [1.29, 1.82) is 0 Å². The van der Waals surface area contributed by atoms with E-state index in [1.807, 2.05) is 6.26 Å². The lowest BCUT2D eigenvalue weighted by molar-refractivity contribution is 0.0697. The summed E-state index contributed by atoms with van der Waals surface area (Å²) in [5.41, 5.74) is 2.03. The number of rotatable bonds is 4. The number of aromatic carboxylic acids is 1. The first-order valence-corrected chi connectivity index (χ1v) is 7.81. The van der Waals surface area contributed by atoms with E-state index in [4.69, 9.17) is 5.11 Å². The normalized spacial score (nSPS) is 13.2. The molecule has 0 unspecified atom stereocenters. The number of urea groups is 1. The highest BCUT2D eigenvalue weighted by Crippen LogP contribution is 2.29. The third kappa shape index (κ3) is 2.90. The number of carbonyl (C=O) groups is 2. The summed E-state index contributed by atoms with van der Waals surface area (Å²) in [5, 5.41) is 8.99. The molecule has 108 valence electrons. The highest BCUT2D eigenvalue weighted by atomic mass is 32.2. The van der Waals surface area contributed by atoms with Crippen LogP contribution in [0.25, 0.3) is 0 Å². The lowest BCUT2D eigenvalue weighted by Gasteiger charge is -2.25. The molecule has 0 spiro atoms. The van der Waals surface area contributed by atoms with E-state index >= 15 is 0 Å². The number of fused-ring (bicyclic) bond motifs is 1. The first kappa shape index (κ1) is 14.7. The van der Waals surface area contributed by atoms with Crippen LogP contribution >= 0.6 is 11.8 Å². The van der Waals surface area contributed by atoms with E-state index in [9.17, 15) is 9.59 Å². The number of hydrogen-bond acceptors (Lipinski definition) is 3. The number of hydrogen-bond donors (Lipinski definition) is 1. The number of carbonyl (C=O) groups excluding carboxylic acids is 1. The lowest BCUT2D eigenvalue weighted by Crippen LogP contribution is -2.41. The standard InChI is InChI=1S/C14H18N2O3S/c1-15(7-8-20-2)14(19)16-6-5-10-9-11(13(17)18)3-4-12(10)16/h3-4,9H,5-8H2,1-2H3,(H,17,18). The Kier molecular flexibility index (Phi) is 4.54. The van der Waals surface area contributed by atoms with E-state index in [-0.39, 0.29) is 11.6 Å². The number of carboxylic acids is 1. The van der Waals surface area contributed by atoms with Gasteiger partial charge in [-0.05, 0) is 36.4 Å². The minimum absolute atomic E-state index is 0.0270. The Hall–Kier alpha value is -1.69. The molecule has 0 fully saturated rings. The summed E-state index contributed by atoms with van der Waals surface area (Å²) in [5.74, 6) is -0.0318. The quantitative estimate of drug-likeness (QED) is 0.924. The van der Waals surface area contributed by atoms with E-state index in [0.29, 0.717) is 19.5 Å². The monoisotopic (exact) mass is 294 g/mol. The predicted octanol–water partition coefficient (Wildman–Crippen LogP) is 2.16. The van der Waals surface area contributed by atoms with Gasteiger partial charge in [0.2, 0.25) is 0 Å². The molecule has 20 heavy (non-hydrogen) atoms. The predicted molar refractivity (Wildman–Crippen MR) is 80.9 cm³/mol. The Labute approximate surface area is 122 Å². The summed E-state index contributed by atoms with van der Waals surface area (Å²) in [6, 6.07) is 4.91. The first-order valence-electron chi connectivity index (χ1n) is 6.42. The number of thioether (sulfide) groups is 1. The number of benzene rings is 1. The molecule has 1 aliphatic rings. The number of anilines is 1. The molecule has 0 atom stereocenters. The molecule has 5 nitrogen and oxygen atoms in total. The fraction of sp³-hybridized carbons (Fsp3) is 0.429. The van der Waals surface area contributed by atoms with Gasteiger partial charge in [0.25, 0.3) is 0 Å². The SMILES string of the molecule is CSCCN(C)C(=O)N1CCc2cc(C(=O)O)ccc21. The molecule has 0 bridgehead atoms. The van der Waals surface area contributed by atoms with Crippen LogP contribution in [0.4, 0.5) is 10.5 Å². The van der Waals surface area contributed by atoms with Crippen molar-refractivity contribution in [2.45, 2.75) is 6.42 Å². The second-order valence-corrected chi connectivity index (χ2v) is 5.73. The zero-order valence-electron chi connectivity index (χ0n) is 11.6. The van der Waals surface area contributed by atoms with Gasteiger partial charge in [-0.2, -0.15) is 11.8 Å². The summed E-state index contributed by atoms with van der Waals surface area (Å²) >= 11 is 1.70. The van der Waals surface area contributed by atoms with Crippen molar-refractivity contribution in [3.05, 3.63) is 29.3 Å². The fourth-order valence-corrected chi connectivity index (χ4v) is 2.72. The molecule has 1 aliphatic heterocycles. The van der Waals surface area contributed by atoms with E-state index in [2.05, 4.69) is 0 Å². The molecule has 0 aliphatic carbocycles. The molecule has 2 rings (SSSR count). The summed E-state index contributed by atoms with van der Waals surface area (Å²) in [7, 11) is 1.79. The van der Waals surface area contributed by atoms with Gasteiger partial charge in [0.15, 0.2) is 0 Å². The Balaban J connectivity index is 2.15. The minimum Gasteiger partial charge on any atom is -0.478 e. The summed E-state index contributed by atoms with van der Waals surface area (Å²) in [6.07, 6.45) is 2.72. The van der Waals surface area contributed by atoms with Crippen LogP contribution < -0.4 is 4.90 Å². The zero-order valence-corrected chi connectivity index (χ0v) is 12.4. The Morgan fingerprint density at radius 1 is 1.45 bits per heavy atom. The van der Waals surface area contributed by atoms with Gasteiger partial charge in [-0.1, -0.05) is 0 Å². The highest BCUT2D eigenvalue weighted by molar-refractivity contribution is 7.98. The van der Waals surface area contributed by atoms with Crippen LogP contribution in [0.3, 0.4) is 0 Å². The molecule has 0 aromatic heterocycles. The van der Waals surface area contributed by atoms with E-state index < -0.39 is 5.97 Å². The third-order valence-corrected chi connectivity index (χ3v) is 4.00. The maximum atomic E-state index is 12.4. The van der Waals surface area contributed by atoms with Crippen molar-refractivity contribution < 1.29 is 14.7 Å². The number of carboxylic acid groups (broad SMARTS) is 1. The van der Waals surface area contributed by atoms with E-state index in [1.54, 1.807) is 46.8 Å². The summed E-state index contributed by atoms with van der Waals surface area (Å²) in [6.45, 7) is 1.32. The summed E-state index contributed by atoms with van der Waals surface area (Å²) < 4.78 is 0. The van der Waals surface area contributed by atoms with Gasteiger partial charge < -0.3 is 10.0 Å². The van der Waals surface area contributed by atoms with Gasteiger partial charge in [-0.3, -0.25) is 4.90 Å². The molecule has 1 N–H and O–H groups in total. The van der Waals surface area contributed by atoms with Crippen LogP contribution in [0.2, 0.25) is 0 Å². The van der Waals surface area contributed by atoms with Gasteiger partial charge in [0, 0.05) is 31.6 Å². The van der Waals surface area contributed by atoms with Crippen molar-refractivity contribution in [3.63, 3.8) is 0 Å². The van der Waals surface area contributed by atoms with Crippen molar-refractivity contribution in [2.75, 3.05) is 37.0 Å². The number of nitrogens with zero attached hydrogens (tertiary/aromatic N) is 2. The molecular weight excluding hydrogens is 276 g/mol. The Morgan fingerprint density at radius 2 is 2.20 bits per heavy atom. The molecular formula is C14H18N2O3S. The largest absolute Gasteiger partial charge is 0.478 e. The van der Waals surface area contributed by atoms with Crippen molar-refractivity contribution >= 4 is 29.4 Å². The Bertz CT molecular complexity index is 533. The van der Waals surface area contributed by atoms with Gasteiger partial charge >= 0.3 is 12.0 Å². The average Bonchev–Trinajstić information content (AvgIpc) is 2.86. The van der Waals surface area contributed by atoms with Crippen LogP contribution in [-0.4, -0.2) is 54.2 Å².